The van der Waals surface area contributed by atoms with Gasteiger partial charge in [0.1, 0.15) is 5.76 Å². The quantitative estimate of drug-likeness (QED) is 0.325. The first-order valence-electron chi connectivity index (χ1n) is 10.4. The van der Waals surface area contributed by atoms with E-state index in [0.717, 1.165) is 4.90 Å². The Morgan fingerprint density at radius 1 is 0.971 bits per heavy atom. The Hall–Kier alpha value is -4.53. The zero-order chi connectivity index (χ0) is 24.4. The molecule has 2 heterocycles. The molecule has 0 unspecified atom stereocenters. The highest BCUT2D eigenvalue weighted by Crippen LogP contribution is 2.26. The number of fused-ring (bicyclic) bond motifs is 1. The normalized spacial score (nSPS) is 13.4. The lowest BCUT2D eigenvalue weighted by molar-refractivity contribution is -0.123. The number of esters is 1. The maximum atomic E-state index is 12.7. The summed E-state index contributed by atoms with van der Waals surface area (Å²) < 4.78 is 10.4. The lowest BCUT2D eigenvalue weighted by Gasteiger charge is -2.14. The maximum absolute atomic E-state index is 12.7. The number of nitrogens with one attached hydrogen (secondary N) is 1. The van der Waals surface area contributed by atoms with Crippen molar-refractivity contribution < 1.29 is 33.1 Å². The molecule has 1 aliphatic heterocycles. The van der Waals surface area contributed by atoms with Crippen molar-refractivity contribution in [3.8, 4) is 0 Å². The average molecular weight is 460 g/mol. The van der Waals surface area contributed by atoms with E-state index in [1.807, 2.05) is 0 Å². The number of nitrogens with zero attached hydrogens (tertiary/aromatic N) is 1. The minimum atomic E-state index is -1.14. The van der Waals surface area contributed by atoms with Gasteiger partial charge < -0.3 is 14.5 Å². The van der Waals surface area contributed by atoms with Crippen LogP contribution in [0.4, 0.5) is 5.69 Å². The van der Waals surface area contributed by atoms with Gasteiger partial charge in [-0.05, 0) is 68.4 Å². The monoisotopic (exact) mass is 460 g/mol. The second-order valence-electron chi connectivity index (χ2n) is 7.71. The highest BCUT2D eigenvalue weighted by Gasteiger charge is 2.36. The molecule has 0 spiro atoms. The van der Waals surface area contributed by atoms with Crippen molar-refractivity contribution in [1.29, 1.82) is 0 Å². The summed E-state index contributed by atoms with van der Waals surface area (Å²) in [4.78, 5) is 62.7. The number of Topliss-reactive ketones (excluding diaryl/α,β-unsaturated/α-hetero) is 1. The number of hydrogen-bond donors (Lipinski definition) is 1. The van der Waals surface area contributed by atoms with Crippen LogP contribution >= 0.6 is 0 Å². The van der Waals surface area contributed by atoms with E-state index in [1.54, 1.807) is 36.4 Å². The summed E-state index contributed by atoms with van der Waals surface area (Å²) >= 11 is 0. The summed E-state index contributed by atoms with van der Waals surface area (Å²) in [5.41, 5.74) is 1.23. The Bertz CT molecular complexity index is 1290. The van der Waals surface area contributed by atoms with Crippen molar-refractivity contribution in [3.05, 3.63) is 88.9 Å². The predicted molar refractivity (Wildman–Crippen MR) is 119 cm³/mol. The van der Waals surface area contributed by atoms with Crippen LogP contribution in [0.3, 0.4) is 0 Å². The van der Waals surface area contributed by atoms with Crippen LogP contribution in [-0.4, -0.2) is 40.5 Å². The van der Waals surface area contributed by atoms with Gasteiger partial charge in [-0.15, -0.1) is 0 Å². The van der Waals surface area contributed by atoms with Crippen LogP contribution in [0.5, 0.6) is 0 Å². The highest BCUT2D eigenvalue weighted by molar-refractivity contribution is 6.21. The molecule has 34 heavy (non-hydrogen) atoms. The van der Waals surface area contributed by atoms with E-state index < -0.39 is 29.8 Å². The number of furan rings is 1. The molecule has 9 heteroatoms. The number of ether oxygens (including phenoxy) is 1. The van der Waals surface area contributed by atoms with Crippen molar-refractivity contribution in [3.63, 3.8) is 0 Å². The Kier molecular flexibility index (Phi) is 6.09. The lowest BCUT2D eigenvalue weighted by atomic mass is 10.1. The van der Waals surface area contributed by atoms with E-state index >= 15 is 0 Å². The summed E-state index contributed by atoms with van der Waals surface area (Å²) in [5, 5.41) is 2.60. The fraction of sp³-hybridized carbons (Fsp3) is 0.160. The predicted octanol–water partition coefficient (Wildman–Crippen LogP) is 3.46. The van der Waals surface area contributed by atoms with Crippen LogP contribution in [0.15, 0.2) is 65.3 Å². The third-order valence-electron chi connectivity index (χ3n) is 5.31. The number of amides is 3. The first-order chi connectivity index (χ1) is 16.2. The molecule has 3 amide bonds. The molecule has 172 valence electrons. The Morgan fingerprint density at radius 3 is 2.29 bits per heavy atom. The zero-order valence-corrected chi connectivity index (χ0v) is 18.4. The molecule has 1 aromatic heterocycles. The molecule has 0 aliphatic carbocycles. The molecular formula is C25H20N2O7. The summed E-state index contributed by atoms with van der Waals surface area (Å²) in [6, 6.07) is 13.6. The number of carbonyl (C=O) groups is 5. The second kappa shape index (κ2) is 9.14. The number of benzene rings is 2. The van der Waals surface area contributed by atoms with E-state index in [9.17, 15) is 24.0 Å². The molecule has 0 saturated carbocycles. The van der Waals surface area contributed by atoms with Crippen LogP contribution < -0.4 is 5.32 Å². The fourth-order valence-corrected chi connectivity index (χ4v) is 3.43. The van der Waals surface area contributed by atoms with Crippen molar-refractivity contribution >= 4 is 35.2 Å². The van der Waals surface area contributed by atoms with Gasteiger partial charge in [-0.1, -0.05) is 0 Å². The molecule has 9 nitrogen and oxygen atoms in total. The molecule has 0 saturated heterocycles. The van der Waals surface area contributed by atoms with E-state index in [0.29, 0.717) is 17.0 Å². The van der Waals surface area contributed by atoms with E-state index in [1.165, 1.54) is 38.3 Å². The highest BCUT2D eigenvalue weighted by atomic mass is 16.5. The molecule has 0 fully saturated rings. The third kappa shape index (κ3) is 4.49. The first kappa shape index (κ1) is 22.7. The standard InChI is InChI=1S/C25H20N2O7/c1-14(28)16-5-8-18(9-6-16)26-22(29)15(2)34-25(32)17-7-10-20-21(12-17)24(31)27(23(20)30)13-19-4-3-11-33-19/h3-12,15H,13H2,1-2H3,(H,26,29)/t15-/m0/s1. The van der Waals surface area contributed by atoms with Gasteiger partial charge in [0.25, 0.3) is 17.7 Å². The zero-order valence-electron chi connectivity index (χ0n) is 18.4. The lowest BCUT2D eigenvalue weighted by Crippen LogP contribution is -2.30. The molecule has 4 rings (SSSR count). The Labute approximate surface area is 194 Å². The van der Waals surface area contributed by atoms with Crippen molar-refractivity contribution in [2.75, 3.05) is 5.32 Å². The summed E-state index contributed by atoms with van der Waals surface area (Å²) in [7, 11) is 0. The van der Waals surface area contributed by atoms with Gasteiger partial charge in [0.2, 0.25) is 0 Å². The van der Waals surface area contributed by atoms with Crippen LogP contribution in [0, 0.1) is 0 Å². The number of rotatable bonds is 7. The van der Waals surface area contributed by atoms with Gasteiger partial charge in [0, 0.05) is 11.3 Å². The summed E-state index contributed by atoms with van der Waals surface area (Å²) in [5.74, 6) is -2.07. The van der Waals surface area contributed by atoms with Gasteiger partial charge in [0.15, 0.2) is 11.9 Å². The molecule has 3 aromatic rings. The molecule has 1 atom stereocenters. The van der Waals surface area contributed by atoms with Gasteiger partial charge in [-0.2, -0.15) is 0 Å². The van der Waals surface area contributed by atoms with Crippen LogP contribution in [0.25, 0.3) is 0 Å². The fourth-order valence-electron chi connectivity index (χ4n) is 3.43. The van der Waals surface area contributed by atoms with Crippen molar-refractivity contribution in [2.24, 2.45) is 0 Å². The van der Waals surface area contributed by atoms with E-state index in [4.69, 9.17) is 9.15 Å². The maximum Gasteiger partial charge on any atom is 0.338 e. The number of ketones is 1. The minimum Gasteiger partial charge on any atom is -0.467 e. The smallest absolute Gasteiger partial charge is 0.338 e. The van der Waals surface area contributed by atoms with Gasteiger partial charge in [-0.3, -0.25) is 24.1 Å². The molecule has 0 bridgehead atoms. The van der Waals surface area contributed by atoms with Crippen molar-refractivity contribution in [1.82, 2.24) is 4.90 Å². The van der Waals surface area contributed by atoms with Gasteiger partial charge >= 0.3 is 5.97 Å². The minimum absolute atomic E-state index is 0.0241. The largest absolute Gasteiger partial charge is 0.467 e. The average Bonchev–Trinajstić information content (AvgIpc) is 3.42. The topological polar surface area (TPSA) is 123 Å². The van der Waals surface area contributed by atoms with E-state index in [-0.39, 0.29) is 29.0 Å². The van der Waals surface area contributed by atoms with Crippen molar-refractivity contribution in [2.45, 2.75) is 26.5 Å². The Balaban J connectivity index is 1.41. The third-order valence-corrected chi connectivity index (χ3v) is 5.31. The first-order valence-corrected chi connectivity index (χ1v) is 10.4. The number of imide groups is 1. The summed E-state index contributed by atoms with van der Waals surface area (Å²) in [6.07, 6.45) is 0.307. The van der Waals surface area contributed by atoms with Crippen LogP contribution in [0.1, 0.15) is 61.0 Å². The SMILES string of the molecule is CC(=O)c1ccc(NC(=O)[C@H](C)OC(=O)c2ccc3c(c2)C(=O)N(Cc2ccco2)C3=O)cc1. The molecule has 2 aromatic carbocycles. The molecule has 1 aliphatic rings. The number of anilines is 1. The van der Waals surface area contributed by atoms with E-state index in [2.05, 4.69) is 5.32 Å². The van der Waals surface area contributed by atoms with Crippen LogP contribution in [-0.2, 0) is 16.1 Å². The summed E-state index contributed by atoms with van der Waals surface area (Å²) in [6.45, 7) is 2.82. The molecule has 0 radical (unpaired) electrons. The second-order valence-corrected chi connectivity index (χ2v) is 7.71. The molecular weight excluding hydrogens is 440 g/mol. The van der Waals surface area contributed by atoms with Crippen LogP contribution in [0.2, 0.25) is 0 Å². The van der Waals surface area contributed by atoms with Gasteiger partial charge in [0.05, 0.1) is 29.5 Å². The Morgan fingerprint density at radius 2 is 1.65 bits per heavy atom. The number of hydrogen-bond acceptors (Lipinski definition) is 7. The van der Waals surface area contributed by atoms with Gasteiger partial charge in [-0.25, -0.2) is 4.79 Å². The molecule has 1 N–H and O–H groups in total. The number of carbonyl (C=O) groups excluding carboxylic acids is 5.